The molecule has 0 aromatic heterocycles. The second kappa shape index (κ2) is 8.25. The summed E-state index contributed by atoms with van der Waals surface area (Å²) in [4.78, 5) is 24.3. The minimum absolute atomic E-state index is 0.00636. The molecule has 1 heterocycles. The SMILES string of the molecule is C[C@@H]1CC(=O)O[C@@]1(C)[C@@H](Cc1ccccc1)NC(=O)OCc1ccccc1. The lowest BCUT2D eigenvalue weighted by Gasteiger charge is -2.36. The van der Waals surface area contributed by atoms with Gasteiger partial charge in [0, 0.05) is 5.92 Å². The predicted octanol–water partition coefficient (Wildman–Crippen LogP) is 3.87. The number of alkyl carbamates (subject to hydrolysis) is 1. The highest BCUT2D eigenvalue weighted by Crippen LogP contribution is 2.36. The van der Waals surface area contributed by atoms with E-state index in [4.69, 9.17) is 9.47 Å². The number of nitrogens with one attached hydrogen (secondary N) is 1. The maximum atomic E-state index is 12.4. The summed E-state index contributed by atoms with van der Waals surface area (Å²) in [6, 6.07) is 19.0. The first-order chi connectivity index (χ1) is 13.0. The highest BCUT2D eigenvalue weighted by Gasteiger charge is 2.49. The van der Waals surface area contributed by atoms with Crippen LogP contribution in [-0.2, 0) is 27.3 Å². The molecule has 27 heavy (non-hydrogen) atoms. The number of rotatable bonds is 6. The van der Waals surface area contributed by atoms with Crippen LogP contribution in [-0.4, -0.2) is 23.7 Å². The molecule has 0 radical (unpaired) electrons. The van der Waals surface area contributed by atoms with Crippen molar-refractivity contribution in [3.63, 3.8) is 0 Å². The summed E-state index contributed by atoms with van der Waals surface area (Å²) >= 11 is 0. The molecule has 0 unspecified atom stereocenters. The molecular formula is C22H25NO4. The van der Waals surface area contributed by atoms with E-state index in [1.807, 2.05) is 74.5 Å². The maximum Gasteiger partial charge on any atom is 0.407 e. The van der Waals surface area contributed by atoms with Crippen molar-refractivity contribution in [2.24, 2.45) is 5.92 Å². The normalized spacial score (nSPS) is 22.7. The van der Waals surface area contributed by atoms with E-state index in [-0.39, 0.29) is 24.5 Å². The standard InChI is InChI=1S/C22H25NO4/c1-16-13-20(24)27-22(16,2)19(14-17-9-5-3-6-10-17)23-21(25)26-15-18-11-7-4-8-12-18/h3-12,16,19H,13-15H2,1-2H3,(H,23,25)/t16-,19-,22-/m1/s1. The van der Waals surface area contributed by atoms with E-state index in [9.17, 15) is 9.59 Å². The Morgan fingerprint density at radius 2 is 1.74 bits per heavy atom. The smallest absolute Gasteiger partial charge is 0.407 e. The van der Waals surface area contributed by atoms with Crippen LogP contribution in [0.4, 0.5) is 4.79 Å². The first kappa shape index (κ1) is 19.0. The van der Waals surface area contributed by atoms with Crippen LogP contribution >= 0.6 is 0 Å². The fourth-order valence-electron chi connectivity index (χ4n) is 3.41. The monoisotopic (exact) mass is 367 g/mol. The van der Waals surface area contributed by atoms with Gasteiger partial charge in [-0.15, -0.1) is 0 Å². The highest BCUT2D eigenvalue weighted by molar-refractivity contribution is 5.73. The largest absolute Gasteiger partial charge is 0.457 e. The molecule has 3 atom stereocenters. The van der Waals surface area contributed by atoms with E-state index in [2.05, 4.69) is 5.32 Å². The van der Waals surface area contributed by atoms with Crippen molar-refractivity contribution in [1.29, 1.82) is 0 Å². The molecule has 0 saturated carbocycles. The Hall–Kier alpha value is -2.82. The van der Waals surface area contributed by atoms with E-state index >= 15 is 0 Å². The molecule has 5 heteroatoms. The molecule has 1 amide bonds. The molecule has 0 aliphatic carbocycles. The third-order valence-corrected chi connectivity index (χ3v) is 5.26. The van der Waals surface area contributed by atoms with Crippen LogP contribution in [0.25, 0.3) is 0 Å². The topological polar surface area (TPSA) is 64.6 Å². The molecule has 1 saturated heterocycles. The number of benzene rings is 2. The van der Waals surface area contributed by atoms with Gasteiger partial charge in [0.25, 0.3) is 0 Å². The zero-order valence-electron chi connectivity index (χ0n) is 15.7. The molecule has 0 spiro atoms. The Morgan fingerprint density at radius 1 is 1.15 bits per heavy atom. The van der Waals surface area contributed by atoms with Gasteiger partial charge in [-0.25, -0.2) is 4.79 Å². The fourth-order valence-corrected chi connectivity index (χ4v) is 3.41. The van der Waals surface area contributed by atoms with Gasteiger partial charge >= 0.3 is 12.1 Å². The van der Waals surface area contributed by atoms with E-state index in [1.54, 1.807) is 0 Å². The number of carbonyl (C=O) groups is 2. The summed E-state index contributed by atoms with van der Waals surface area (Å²) in [5.41, 5.74) is 1.19. The molecule has 1 aliphatic heterocycles. The maximum absolute atomic E-state index is 12.4. The zero-order chi connectivity index (χ0) is 19.3. The minimum atomic E-state index is -0.779. The second-order valence-corrected chi connectivity index (χ2v) is 7.21. The second-order valence-electron chi connectivity index (χ2n) is 7.21. The van der Waals surface area contributed by atoms with Crippen LogP contribution in [0.1, 0.15) is 31.4 Å². The van der Waals surface area contributed by atoms with Gasteiger partial charge < -0.3 is 14.8 Å². The van der Waals surface area contributed by atoms with Crippen molar-refractivity contribution in [3.8, 4) is 0 Å². The summed E-state index contributed by atoms with van der Waals surface area (Å²) in [5.74, 6) is -0.240. The Bertz CT molecular complexity index is 777. The average molecular weight is 367 g/mol. The van der Waals surface area contributed by atoms with E-state index in [0.717, 1.165) is 11.1 Å². The van der Waals surface area contributed by atoms with Crippen LogP contribution in [0, 0.1) is 5.92 Å². The van der Waals surface area contributed by atoms with Crippen LogP contribution in [0.3, 0.4) is 0 Å². The van der Waals surface area contributed by atoms with E-state index < -0.39 is 11.7 Å². The Morgan fingerprint density at radius 3 is 2.30 bits per heavy atom. The zero-order valence-corrected chi connectivity index (χ0v) is 15.7. The third kappa shape index (κ3) is 4.67. The molecule has 1 aliphatic rings. The van der Waals surface area contributed by atoms with Gasteiger partial charge in [-0.2, -0.15) is 0 Å². The number of amides is 1. The Labute approximate surface area is 159 Å². The summed E-state index contributed by atoms with van der Waals surface area (Å²) in [5, 5.41) is 2.93. The third-order valence-electron chi connectivity index (χ3n) is 5.26. The minimum Gasteiger partial charge on any atom is -0.457 e. The molecule has 142 valence electrons. The van der Waals surface area contributed by atoms with Gasteiger partial charge in [0.2, 0.25) is 0 Å². The molecule has 3 rings (SSSR count). The van der Waals surface area contributed by atoms with Crippen LogP contribution in [0.15, 0.2) is 60.7 Å². The summed E-state index contributed by atoms with van der Waals surface area (Å²) in [6.45, 7) is 4.05. The molecule has 0 bridgehead atoms. The van der Waals surface area contributed by atoms with Crippen LogP contribution in [0.2, 0.25) is 0 Å². The quantitative estimate of drug-likeness (QED) is 0.788. The van der Waals surface area contributed by atoms with Crippen LogP contribution in [0.5, 0.6) is 0 Å². The predicted molar refractivity (Wildman–Crippen MR) is 102 cm³/mol. The van der Waals surface area contributed by atoms with Gasteiger partial charge in [-0.3, -0.25) is 4.79 Å². The summed E-state index contributed by atoms with van der Waals surface area (Å²) < 4.78 is 11.0. The number of ether oxygens (including phenoxy) is 2. The molecule has 1 N–H and O–H groups in total. The van der Waals surface area contributed by atoms with Crippen molar-refractivity contribution >= 4 is 12.1 Å². The molecule has 1 fully saturated rings. The molecule has 2 aromatic carbocycles. The van der Waals surface area contributed by atoms with E-state index in [1.165, 1.54) is 0 Å². The number of cyclic esters (lactones) is 1. The van der Waals surface area contributed by atoms with Crippen molar-refractivity contribution < 1.29 is 19.1 Å². The van der Waals surface area contributed by atoms with Gasteiger partial charge in [0.15, 0.2) is 0 Å². The van der Waals surface area contributed by atoms with Gasteiger partial charge in [-0.05, 0) is 24.5 Å². The summed E-state index contributed by atoms with van der Waals surface area (Å²) in [7, 11) is 0. The lowest BCUT2D eigenvalue weighted by atomic mass is 9.81. The lowest BCUT2D eigenvalue weighted by Crippen LogP contribution is -2.54. The van der Waals surface area contributed by atoms with Crippen LogP contribution < -0.4 is 5.32 Å². The first-order valence-electron chi connectivity index (χ1n) is 9.20. The van der Waals surface area contributed by atoms with Gasteiger partial charge in [-0.1, -0.05) is 67.6 Å². The fraction of sp³-hybridized carbons (Fsp3) is 0.364. The highest BCUT2D eigenvalue weighted by atomic mass is 16.6. The van der Waals surface area contributed by atoms with Gasteiger partial charge in [0.1, 0.15) is 12.2 Å². The molecule has 2 aromatic rings. The number of carbonyl (C=O) groups excluding carboxylic acids is 2. The van der Waals surface area contributed by atoms with Crippen molar-refractivity contribution in [3.05, 3.63) is 71.8 Å². The molecular weight excluding hydrogens is 342 g/mol. The average Bonchev–Trinajstić information content (AvgIpc) is 2.94. The number of esters is 1. The number of hydrogen-bond donors (Lipinski definition) is 1. The lowest BCUT2D eigenvalue weighted by molar-refractivity contribution is -0.150. The molecule has 5 nitrogen and oxygen atoms in total. The van der Waals surface area contributed by atoms with Crippen molar-refractivity contribution in [1.82, 2.24) is 5.32 Å². The van der Waals surface area contributed by atoms with Crippen molar-refractivity contribution in [2.75, 3.05) is 0 Å². The van der Waals surface area contributed by atoms with Crippen molar-refractivity contribution in [2.45, 2.75) is 44.9 Å². The Balaban J connectivity index is 1.71. The Kier molecular flexibility index (Phi) is 5.79. The summed E-state index contributed by atoms with van der Waals surface area (Å²) in [6.07, 6.45) is 0.383. The number of hydrogen-bond acceptors (Lipinski definition) is 4. The van der Waals surface area contributed by atoms with Gasteiger partial charge in [0.05, 0.1) is 12.5 Å². The van der Waals surface area contributed by atoms with E-state index in [0.29, 0.717) is 12.8 Å². The first-order valence-corrected chi connectivity index (χ1v) is 9.20.